The molecule has 1 N–H and O–H groups in total. The van der Waals surface area contributed by atoms with Crippen molar-refractivity contribution in [2.75, 3.05) is 10.8 Å². The van der Waals surface area contributed by atoms with E-state index in [0.717, 1.165) is 9.87 Å². The van der Waals surface area contributed by atoms with Crippen LogP contribution < -0.4 is 9.62 Å². The van der Waals surface area contributed by atoms with E-state index in [1.165, 1.54) is 53.4 Å². The minimum Gasteiger partial charge on any atom is -0.352 e. The van der Waals surface area contributed by atoms with Crippen LogP contribution in [-0.4, -0.2) is 43.8 Å². The van der Waals surface area contributed by atoms with Crippen LogP contribution in [0.5, 0.6) is 0 Å². The quantitative estimate of drug-likeness (QED) is 0.189. The Labute approximate surface area is 267 Å². The highest BCUT2D eigenvalue weighted by Crippen LogP contribution is 2.33. The average molecular weight is 657 g/mol. The van der Waals surface area contributed by atoms with Gasteiger partial charge in [0.1, 0.15) is 18.4 Å². The van der Waals surface area contributed by atoms with Crippen LogP contribution >= 0.6 is 23.2 Å². The summed E-state index contributed by atoms with van der Waals surface area (Å²) in [6, 6.07) is 25.5. The van der Waals surface area contributed by atoms with E-state index in [9.17, 15) is 22.4 Å². The Morgan fingerprint density at radius 3 is 2.09 bits per heavy atom. The molecule has 1 atom stereocenters. The second kappa shape index (κ2) is 14.7. The third kappa shape index (κ3) is 8.16. The Balaban J connectivity index is 1.83. The van der Waals surface area contributed by atoms with Crippen LogP contribution in [0.1, 0.15) is 25.0 Å². The van der Waals surface area contributed by atoms with Crippen molar-refractivity contribution in [3.63, 3.8) is 0 Å². The summed E-state index contributed by atoms with van der Waals surface area (Å²) >= 11 is 12.6. The number of halogens is 3. The lowest BCUT2D eigenvalue weighted by Crippen LogP contribution is -2.54. The van der Waals surface area contributed by atoms with Gasteiger partial charge in [0.2, 0.25) is 11.8 Å². The largest absolute Gasteiger partial charge is 0.352 e. The molecule has 2 amide bonds. The van der Waals surface area contributed by atoms with E-state index in [4.69, 9.17) is 23.2 Å². The molecule has 44 heavy (non-hydrogen) atoms. The molecule has 0 aliphatic carbocycles. The average Bonchev–Trinajstić information content (AvgIpc) is 2.99. The number of carbonyl (C=O) groups excluding carboxylic acids is 2. The van der Waals surface area contributed by atoms with E-state index in [-0.39, 0.29) is 45.2 Å². The number of hydrogen-bond acceptors (Lipinski definition) is 4. The van der Waals surface area contributed by atoms with E-state index in [2.05, 4.69) is 5.32 Å². The first-order valence-corrected chi connectivity index (χ1v) is 16.1. The fourth-order valence-corrected chi connectivity index (χ4v) is 6.68. The van der Waals surface area contributed by atoms with Gasteiger partial charge in [-0.3, -0.25) is 13.9 Å². The van der Waals surface area contributed by atoms with E-state index in [1.807, 2.05) is 30.3 Å². The fourth-order valence-electron chi connectivity index (χ4n) is 4.66. The molecule has 7 nitrogen and oxygen atoms in total. The number of hydrogen-bond donors (Lipinski definition) is 1. The number of benzene rings is 4. The first-order chi connectivity index (χ1) is 21.0. The van der Waals surface area contributed by atoms with Crippen molar-refractivity contribution < 1.29 is 22.4 Å². The first-order valence-electron chi connectivity index (χ1n) is 13.9. The summed E-state index contributed by atoms with van der Waals surface area (Å²) in [4.78, 5) is 29.2. The van der Waals surface area contributed by atoms with Crippen LogP contribution in [0.15, 0.2) is 108 Å². The third-order valence-corrected chi connectivity index (χ3v) is 9.10. The molecule has 11 heteroatoms. The molecule has 0 fully saturated rings. The van der Waals surface area contributed by atoms with Crippen molar-refractivity contribution in [3.05, 3.63) is 130 Å². The lowest BCUT2D eigenvalue weighted by Gasteiger charge is -2.34. The number of nitrogens with zero attached hydrogens (tertiary/aromatic N) is 2. The van der Waals surface area contributed by atoms with Crippen LogP contribution in [0.25, 0.3) is 0 Å². The molecule has 4 aromatic rings. The number of anilines is 1. The highest BCUT2D eigenvalue weighted by Gasteiger charge is 2.35. The molecule has 0 aliphatic heterocycles. The molecule has 0 aromatic heterocycles. The SMILES string of the molecule is CC(C)NC(=O)[C@H](Cc1ccccc1)N(Cc1ccccc1F)C(=O)CN(c1ccc(Cl)cc1Cl)S(=O)(=O)c1ccccc1. The Kier molecular flexibility index (Phi) is 11.0. The minimum atomic E-state index is -4.34. The lowest BCUT2D eigenvalue weighted by atomic mass is 10.0. The highest BCUT2D eigenvalue weighted by molar-refractivity contribution is 7.92. The molecule has 0 heterocycles. The predicted octanol–water partition coefficient (Wildman–Crippen LogP) is 6.49. The Morgan fingerprint density at radius 1 is 0.864 bits per heavy atom. The summed E-state index contributed by atoms with van der Waals surface area (Å²) in [6.07, 6.45) is 0.104. The van der Waals surface area contributed by atoms with Gasteiger partial charge in [0, 0.05) is 29.6 Å². The molecule has 0 aliphatic rings. The molecule has 0 radical (unpaired) electrons. The first kappa shape index (κ1) is 33.0. The number of amides is 2. The molecule has 0 saturated carbocycles. The van der Waals surface area contributed by atoms with E-state index in [1.54, 1.807) is 38.1 Å². The fraction of sp³-hybridized carbons (Fsp3) is 0.212. The van der Waals surface area contributed by atoms with Crippen molar-refractivity contribution in [3.8, 4) is 0 Å². The second-order valence-corrected chi connectivity index (χ2v) is 13.1. The van der Waals surface area contributed by atoms with Crippen molar-refractivity contribution >= 4 is 50.7 Å². The Morgan fingerprint density at radius 2 is 1.48 bits per heavy atom. The summed E-state index contributed by atoms with van der Waals surface area (Å²) < 4.78 is 43.9. The molecule has 0 saturated heterocycles. The van der Waals surface area contributed by atoms with E-state index in [0.29, 0.717) is 0 Å². The standard InChI is InChI=1S/C33H32Cl2FN3O4S/c1-23(2)37-33(41)31(19-24-11-5-3-6-12-24)38(21-25-13-9-10-16-29(25)36)32(40)22-39(30-18-17-26(34)20-28(30)35)44(42,43)27-14-7-4-8-15-27/h3-18,20,23,31H,19,21-22H2,1-2H3,(H,37,41)/t31-/m0/s1. The number of nitrogens with one attached hydrogen (secondary N) is 1. The summed E-state index contributed by atoms with van der Waals surface area (Å²) in [5.74, 6) is -1.77. The van der Waals surface area contributed by atoms with Gasteiger partial charge in [-0.25, -0.2) is 12.8 Å². The van der Waals surface area contributed by atoms with E-state index >= 15 is 0 Å². The second-order valence-electron chi connectivity index (χ2n) is 10.4. The molecule has 0 bridgehead atoms. The Bertz CT molecular complexity index is 1710. The van der Waals surface area contributed by atoms with Crippen LogP contribution in [0.4, 0.5) is 10.1 Å². The van der Waals surface area contributed by atoms with Gasteiger partial charge in [-0.15, -0.1) is 0 Å². The highest BCUT2D eigenvalue weighted by atomic mass is 35.5. The smallest absolute Gasteiger partial charge is 0.264 e. The molecule has 0 unspecified atom stereocenters. The minimum absolute atomic E-state index is 0.00356. The van der Waals surface area contributed by atoms with Gasteiger partial charge in [-0.2, -0.15) is 0 Å². The van der Waals surface area contributed by atoms with Gasteiger partial charge in [-0.05, 0) is 55.8 Å². The molecular weight excluding hydrogens is 624 g/mol. The number of rotatable bonds is 12. The summed E-state index contributed by atoms with van der Waals surface area (Å²) in [5, 5.41) is 3.14. The number of sulfonamides is 1. The zero-order valence-electron chi connectivity index (χ0n) is 24.2. The Hall–Kier alpha value is -3.92. The summed E-state index contributed by atoms with van der Waals surface area (Å²) in [5.41, 5.74) is 0.945. The van der Waals surface area contributed by atoms with Crippen molar-refractivity contribution in [1.82, 2.24) is 10.2 Å². The van der Waals surface area contributed by atoms with Crippen LogP contribution in [0.3, 0.4) is 0 Å². The maximum absolute atomic E-state index is 15.0. The zero-order chi connectivity index (χ0) is 31.9. The van der Waals surface area contributed by atoms with Crippen molar-refractivity contribution in [2.45, 2.75) is 43.8 Å². The predicted molar refractivity (Wildman–Crippen MR) is 172 cm³/mol. The monoisotopic (exact) mass is 655 g/mol. The molecule has 0 spiro atoms. The summed E-state index contributed by atoms with van der Waals surface area (Å²) in [6.45, 7) is 2.56. The van der Waals surface area contributed by atoms with Gasteiger partial charge >= 0.3 is 0 Å². The number of carbonyl (C=O) groups is 2. The van der Waals surface area contributed by atoms with Crippen molar-refractivity contribution in [2.24, 2.45) is 0 Å². The maximum atomic E-state index is 15.0. The normalized spacial score (nSPS) is 12.0. The van der Waals surface area contributed by atoms with Crippen molar-refractivity contribution in [1.29, 1.82) is 0 Å². The molecule has 230 valence electrons. The maximum Gasteiger partial charge on any atom is 0.264 e. The van der Waals surface area contributed by atoms with Crippen LogP contribution in [0.2, 0.25) is 10.0 Å². The topological polar surface area (TPSA) is 86.8 Å². The van der Waals surface area contributed by atoms with Gasteiger partial charge < -0.3 is 10.2 Å². The van der Waals surface area contributed by atoms with Gasteiger partial charge in [0.15, 0.2) is 0 Å². The van der Waals surface area contributed by atoms with Crippen LogP contribution in [-0.2, 0) is 32.6 Å². The van der Waals surface area contributed by atoms with Gasteiger partial charge in [0.25, 0.3) is 10.0 Å². The van der Waals surface area contributed by atoms with Crippen LogP contribution in [0, 0.1) is 5.82 Å². The molecule has 4 aromatic carbocycles. The zero-order valence-corrected chi connectivity index (χ0v) is 26.5. The third-order valence-electron chi connectivity index (χ3n) is 6.79. The van der Waals surface area contributed by atoms with E-state index < -0.39 is 40.2 Å². The molecule has 4 rings (SSSR count). The lowest BCUT2D eigenvalue weighted by molar-refractivity contribution is -0.140. The molecular formula is C33H32Cl2FN3O4S. The van der Waals surface area contributed by atoms with Gasteiger partial charge in [0.05, 0.1) is 15.6 Å². The van der Waals surface area contributed by atoms with Gasteiger partial charge in [-0.1, -0.05) is 89.9 Å². The summed E-state index contributed by atoms with van der Waals surface area (Å²) in [7, 11) is -4.34.